The van der Waals surface area contributed by atoms with Gasteiger partial charge in [0.15, 0.2) is 0 Å². The van der Waals surface area contributed by atoms with Gasteiger partial charge in [0, 0.05) is 23.4 Å². The molecule has 0 bridgehead atoms. The molecule has 0 radical (unpaired) electrons. The van der Waals surface area contributed by atoms with Gasteiger partial charge in [0.05, 0.1) is 10.9 Å². The first-order chi connectivity index (χ1) is 12.6. The Labute approximate surface area is 156 Å². The number of thioether (sulfide) groups is 1. The molecule has 3 amide bonds. The summed E-state index contributed by atoms with van der Waals surface area (Å²) in [4.78, 5) is 38.7. The topological polar surface area (TPSA) is 66.5 Å². The van der Waals surface area contributed by atoms with Crippen molar-refractivity contribution in [3.63, 3.8) is 0 Å². The van der Waals surface area contributed by atoms with Crippen molar-refractivity contribution in [3.05, 3.63) is 54.6 Å². The van der Waals surface area contributed by atoms with E-state index >= 15 is 0 Å². The van der Waals surface area contributed by atoms with Crippen LogP contribution in [0.2, 0.25) is 0 Å². The number of anilines is 2. The second-order valence-corrected chi connectivity index (χ2v) is 7.31. The Kier molecular flexibility index (Phi) is 5.73. The molecule has 1 N–H and O–H groups in total. The minimum atomic E-state index is -0.428. The fraction of sp³-hybridized carbons (Fsp3) is 0.250. The first-order valence-corrected chi connectivity index (χ1v) is 9.45. The number of carbonyl (C=O) groups is 3. The number of benzene rings is 2. The monoisotopic (exact) mass is 368 g/mol. The van der Waals surface area contributed by atoms with Crippen LogP contribution in [0.15, 0.2) is 59.5 Å². The molecule has 6 heteroatoms. The molecule has 1 fully saturated rings. The van der Waals surface area contributed by atoms with Crippen molar-refractivity contribution >= 4 is 40.9 Å². The number of hydrogen-bond acceptors (Lipinski definition) is 4. The molecule has 0 aliphatic carbocycles. The molecule has 3 rings (SSSR count). The molecule has 2 aromatic carbocycles. The molecule has 1 atom stereocenters. The first-order valence-electron chi connectivity index (χ1n) is 8.57. The number of hydrogen-bond donors (Lipinski definition) is 1. The van der Waals surface area contributed by atoms with Crippen molar-refractivity contribution in [2.75, 3.05) is 10.2 Å². The predicted molar refractivity (Wildman–Crippen MR) is 103 cm³/mol. The standard InChI is InChI=1S/C20H20N2O3S/c1-2-6-18(23)21-14-9-11-16(12-10-14)26-17-13-19(24)22(20(17)25)15-7-4-3-5-8-15/h3-5,7-12,17H,2,6,13H2,1H3,(H,21,23). The summed E-state index contributed by atoms with van der Waals surface area (Å²) in [5.41, 5.74) is 1.34. The van der Waals surface area contributed by atoms with Gasteiger partial charge in [0.2, 0.25) is 17.7 Å². The molecular formula is C20H20N2O3S. The van der Waals surface area contributed by atoms with E-state index in [0.717, 1.165) is 17.0 Å². The van der Waals surface area contributed by atoms with E-state index < -0.39 is 5.25 Å². The van der Waals surface area contributed by atoms with Crippen molar-refractivity contribution in [2.45, 2.75) is 36.3 Å². The molecule has 0 spiro atoms. The summed E-state index contributed by atoms with van der Waals surface area (Å²) in [5, 5.41) is 2.40. The minimum Gasteiger partial charge on any atom is -0.326 e. The van der Waals surface area contributed by atoms with Crippen molar-refractivity contribution in [3.8, 4) is 0 Å². The third-order valence-electron chi connectivity index (χ3n) is 4.01. The van der Waals surface area contributed by atoms with Crippen LogP contribution < -0.4 is 10.2 Å². The van der Waals surface area contributed by atoms with Crippen molar-refractivity contribution in [1.82, 2.24) is 0 Å². The summed E-state index contributed by atoms with van der Waals surface area (Å²) in [5.74, 6) is -0.378. The molecule has 26 heavy (non-hydrogen) atoms. The summed E-state index contributed by atoms with van der Waals surface area (Å²) in [7, 11) is 0. The number of nitrogens with zero attached hydrogens (tertiary/aromatic N) is 1. The van der Waals surface area contributed by atoms with Crippen molar-refractivity contribution < 1.29 is 14.4 Å². The number of amides is 3. The highest BCUT2D eigenvalue weighted by molar-refractivity contribution is 8.00. The van der Waals surface area contributed by atoms with Gasteiger partial charge in [-0.15, -0.1) is 11.8 Å². The van der Waals surface area contributed by atoms with Gasteiger partial charge < -0.3 is 5.32 Å². The van der Waals surface area contributed by atoms with Crippen LogP contribution in [-0.4, -0.2) is 23.0 Å². The second kappa shape index (κ2) is 8.19. The van der Waals surface area contributed by atoms with Gasteiger partial charge in [-0.25, -0.2) is 4.90 Å². The lowest BCUT2D eigenvalue weighted by atomic mass is 10.3. The zero-order valence-electron chi connectivity index (χ0n) is 14.5. The van der Waals surface area contributed by atoms with E-state index in [1.54, 1.807) is 12.1 Å². The SMILES string of the molecule is CCCC(=O)Nc1ccc(SC2CC(=O)N(c3ccccc3)C2=O)cc1. The molecule has 1 unspecified atom stereocenters. The molecule has 2 aromatic rings. The van der Waals surface area contributed by atoms with Gasteiger partial charge in [-0.1, -0.05) is 25.1 Å². The van der Waals surface area contributed by atoms with Gasteiger partial charge in [-0.2, -0.15) is 0 Å². The number of nitrogens with one attached hydrogen (secondary N) is 1. The van der Waals surface area contributed by atoms with E-state index in [-0.39, 0.29) is 24.1 Å². The van der Waals surface area contributed by atoms with Crippen molar-refractivity contribution in [1.29, 1.82) is 0 Å². The number of carbonyl (C=O) groups excluding carboxylic acids is 3. The zero-order chi connectivity index (χ0) is 18.5. The number of para-hydroxylation sites is 1. The minimum absolute atomic E-state index is 0.0111. The number of imide groups is 1. The Balaban J connectivity index is 1.65. The van der Waals surface area contributed by atoms with Crippen LogP contribution in [0.25, 0.3) is 0 Å². The molecule has 0 saturated carbocycles. The van der Waals surface area contributed by atoms with E-state index in [4.69, 9.17) is 0 Å². The maximum absolute atomic E-state index is 12.6. The lowest BCUT2D eigenvalue weighted by Crippen LogP contribution is -2.30. The van der Waals surface area contributed by atoms with Crippen molar-refractivity contribution in [2.24, 2.45) is 0 Å². The highest BCUT2D eigenvalue weighted by atomic mass is 32.2. The lowest BCUT2D eigenvalue weighted by molar-refractivity contribution is -0.121. The van der Waals surface area contributed by atoms with E-state index in [2.05, 4.69) is 5.32 Å². The van der Waals surface area contributed by atoms with E-state index in [1.165, 1.54) is 16.7 Å². The highest BCUT2D eigenvalue weighted by Gasteiger charge is 2.39. The second-order valence-electron chi connectivity index (χ2n) is 6.04. The number of rotatable bonds is 6. The quantitative estimate of drug-likeness (QED) is 0.787. The summed E-state index contributed by atoms with van der Waals surface area (Å²) < 4.78 is 0. The van der Waals surface area contributed by atoms with E-state index in [1.807, 2.05) is 49.4 Å². The summed E-state index contributed by atoms with van der Waals surface area (Å²) in [6.07, 6.45) is 1.48. The summed E-state index contributed by atoms with van der Waals surface area (Å²) in [6, 6.07) is 16.3. The summed E-state index contributed by atoms with van der Waals surface area (Å²) >= 11 is 1.37. The molecular weight excluding hydrogens is 348 g/mol. The summed E-state index contributed by atoms with van der Waals surface area (Å²) in [6.45, 7) is 1.96. The Morgan fingerprint density at radius 3 is 2.46 bits per heavy atom. The maximum atomic E-state index is 12.6. The Morgan fingerprint density at radius 1 is 1.12 bits per heavy atom. The highest BCUT2D eigenvalue weighted by Crippen LogP contribution is 2.34. The lowest BCUT2D eigenvalue weighted by Gasteiger charge is -2.14. The molecule has 5 nitrogen and oxygen atoms in total. The Morgan fingerprint density at radius 2 is 1.81 bits per heavy atom. The van der Waals surface area contributed by atoms with Crippen LogP contribution in [0.1, 0.15) is 26.2 Å². The Bertz CT molecular complexity index is 806. The third kappa shape index (κ3) is 4.14. The van der Waals surface area contributed by atoms with Crippen LogP contribution in [-0.2, 0) is 14.4 Å². The smallest absolute Gasteiger partial charge is 0.247 e. The fourth-order valence-corrected chi connectivity index (χ4v) is 3.83. The average molecular weight is 368 g/mol. The molecule has 1 aliphatic rings. The average Bonchev–Trinajstić information content (AvgIpc) is 2.91. The van der Waals surface area contributed by atoms with Gasteiger partial charge in [0.25, 0.3) is 0 Å². The molecule has 134 valence electrons. The molecule has 1 aliphatic heterocycles. The maximum Gasteiger partial charge on any atom is 0.247 e. The van der Waals surface area contributed by atoms with Gasteiger partial charge in [-0.3, -0.25) is 14.4 Å². The van der Waals surface area contributed by atoms with Gasteiger partial charge >= 0.3 is 0 Å². The van der Waals surface area contributed by atoms with E-state index in [0.29, 0.717) is 12.1 Å². The molecule has 1 saturated heterocycles. The molecule has 1 heterocycles. The van der Waals surface area contributed by atoms with Crippen LogP contribution in [0.3, 0.4) is 0 Å². The van der Waals surface area contributed by atoms with E-state index in [9.17, 15) is 14.4 Å². The predicted octanol–water partition coefficient (Wildman–Crippen LogP) is 3.85. The first kappa shape index (κ1) is 18.2. The fourth-order valence-electron chi connectivity index (χ4n) is 2.78. The van der Waals surface area contributed by atoms with Gasteiger partial charge in [-0.05, 0) is 42.8 Å². The van der Waals surface area contributed by atoms with Crippen LogP contribution in [0.5, 0.6) is 0 Å². The zero-order valence-corrected chi connectivity index (χ0v) is 15.3. The normalized spacial score (nSPS) is 16.8. The third-order valence-corrected chi connectivity index (χ3v) is 5.21. The Hall–Kier alpha value is -2.60. The van der Waals surface area contributed by atoms with Crippen LogP contribution in [0, 0.1) is 0 Å². The van der Waals surface area contributed by atoms with Crippen LogP contribution in [0.4, 0.5) is 11.4 Å². The molecule has 0 aromatic heterocycles. The largest absolute Gasteiger partial charge is 0.326 e. The van der Waals surface area contributed by atoms with Crippen LogP contribution >= 0.6 is 11.8 Å². The van der Waals surface area contributed by atoms with Gasteiger partial charge in [0.1, 0.15) is 0 Å².